The third-order valence-electron chi connectivity index (χ3n) is 9.31. The molecule has 11 heteroatoms. The Labute approximate surface area is 279 Å². The largest absolute Gasteiger partial charge is 0.744 e. The number of hydrogen-bond acceptors (Lipinski definition) is 7. The maximum absolute atomic E-state index is 12.1. The van der Waals surface area contributed by atoms with E-state index >= 15 is 0 Å². The van der Waals surface area contributed by atoms with E-state index in [1.807, 2.05) is 78.8 Å². The Morgan fingerprint density at radius 3 is 2.19 bits per heavy atom. The third-order valence-corrected chi connectivity index (χ3v) is 11.0. The Morgan fingerprint density at radius 2 is 1.57 bits per heavy atom. The standard InChI is InChI=1S/C36H46N2O7S2/c1-8-37-30-20-18-26(46(40,41)42)23-28(30)35(4,5)33(37)16-12-9-13-17-34-36(6,7)29-24-27(47(43,44)45)19-21-31(29)38(34)22-14-10-11-15-32(39)25(2)3/h9,12-13,16-21,23-25H,8,10-11,14-15,22H2,1-7H3,(H-,40,41,42,43,44,45). The minimum atomic E-state index is -4.62. The van der Waals surface area contributed by atoms with E-state index in [4.69, 9.17) is 0 Å². The quantitative estimate of drug-likeness (QED) is 0.105. The van der Waals surface area contributed by atoms with Crippen molar-refractivity contribution in [1.29, 1.82) is 0 Å². The molecule has 4 rings (SSSR count). The van der Waals surface area contributed by atoms with Crippen LogP contribution in [0.4, 0.5) is 11.4 Å². The molecule has 2 heterocycles. The molecule has 0 atom stereocenters. The lowest BCUT2D eigenvalue weighted by Crippen LogP contribution is -2.28. The zero-order chi connectivity index (χ0) is 34.9. The van der Waals surface area contributed by atoms with Gasteiger partial charge in [-0.3, -0.25) is 9.35 Å². The Balaban J connectivity index is 1.63. The van der Waals surface area contributed by atoms with Crippen molar-refractivity contribution in [3.05, 3.63) is 83.6 Å². The number of allylic oxidation sites excluding steroid dienone is 6. The number of nitrogens with zero attached hydrogens (tertiary/aromatic N) is 2. The van der Waals surface area contributed by atoms with Crippen LogP contribution in [-0.2, 0) is 35.9 Å². The molecule has 0 fully saturated rings. The summed E-state index contributed by atoms with van der Waals surface area (Å²) in [6.07, 6.45) is 12.9. The van der Waals surface area contributed by atoms with E-state index in [1.54, 1.807) is 12.1 Å². The average Bonchev–Trinajstić information content (AvgIpc) is 3.33. The van der Waals surface area contributed by atoms with Gasteiger partial charge in [0.25, 0.3) is 10.1 Å². The van der Waals surface area contributed by atoms with E-state index < -0.39 is 31.1 Å². The van der Waals surface area contributed by atoms with Gasteiger partial charge in [0.05, 0.1) is 15.2 Å². The summed E-state index contributed by atoms with van der Waals surface area (Å²) in [5.41, 5.74) is 4.19. The highest BCUT2D eigenvalue weighted by Crippen LogP contribution is 2.48. The van der Waals surface area contributed by atoms with Crippen molar-refractivity contribution >= 4 is 43.1 Å². The minimum absolute atomic E-state index is 0.0274. The molecule has 0 aliphatic carbocycles. The number of hydrogen-bond donors (Lipinski definition) is 1. The first kappa shape index (κ1) is 36.5. The van der Waals surface area contributed by atoms with Gasteiger partial charge in [-0.15, -0.1) is 0 Å². The molecule has 2 aromatic carbocycles. The molecule has 254 valence electrons. The van der Waals surface area contributed by atoms with Crippen LogP contribution in [0, 0.1) is 5.92 Å². The Morgan fingerprint density at radius 1 is 0.915 bits per heavy atom. The number of carbonyl (C=O) groups excluding carboxylic acids is 1. The fourth-order valence-corrected chi connectivity index (χ4v) is 7.60. The van der Waals surface area contributed by atoms with E-state index in [-0.39, 0.29) is 21.5 Å². The van der Waals surface area contributed by atoms with Gasteiger partial charge in [0, 0.05) is 59.8 Å². The van der Waals surface area contributed by atoms with E-state index in [0.717, 1.165) is 53.2 Å². The molecule has 0 amide bonds. The van der Waals surface area contributed by atoms with Gasteiger partial charge in [-0.1, -0.05) is 45.9 Å². The number of carbonyl (C=O) groups is 1. The zero-order valence-electron chi connectivity index (χ0n) is 28.3. The third kappa shape index (κ3) is 7.53. The molecular weight excluding hydrogens is 637 g/mol. The Hall–Kier alpha value is -3.38. The van der Waals surface area contributed by atoms with Crippen LogP contribution < -0.4 is 4.90 Å². The highest BCUT2D eigenvalue weighted by atomic mass is 32.2. The number of rotatable bonds is 13. The second-order valence-corrected chi connectivity index (χ2v) is 16.3. The fraction of sp³-hybridized carbons (Fsp3) is 0.444. The molecule has 2 aromatic rings. The first-order chi connectivity index (χ1) is 21.8. The van der Waals surface area contributed by atoms with Crippen molar-refractivity contribution in [3.8, 4) is 0 Å². The van der Waals surface area contributed by atoms with E-state index in [1.165, 1.54) is 24.3 Å². The van der Waals surface area contributed by atoms with E-state index in [0.29, 0.717) is 19.5 Å². The molecule has 0 saturated carbocycles. The SMILES string of the molecule is CCN1\C(=C/C=C/C=C/C2=[N+](CCCCCC(=O)C(C)C)c3ccc(S(=O)(=O)[O-])cc3C2(C)C)C(C)(C)c2cc(S(=O)(=O)O)ccc21. The number of Topliss-reactive ketones (excluding diaryl/α,β-unsaturated/α-hetero) is 1. The topological polar surface area (TPSA) is 135 Å². The number of unbranched alkanes of at least 4 members (excludes halogenated alkanes) is 2. The number of likely N-dealkylation sites (N-methyl/N-ethyl adjacent to an activating group) is 1. The van der Waals surface area contributed by atoms with Crippen LogP contribution in [-0.4, -0.2) is 55.1 Å². The summed E-state index contributed by atoms with van der Waals surface area (Å²) < 4.78 is 71.0. The first-order valence-corrected chi connectivity index (χ1v) is 18.9. The molecule has 0 radical (unpaired) electrons. The van der Waals surface area contributed by atoms with Crippen LogP contribution in [0.3, 0.4) is 0 Å². The van der Waals surface area contributed by atoms with Crippen LogP contribution in [0.1, 0.15) is 85.3 Å². The summed E-state index contributed by atoms with van der Waals surface area (Å²) in [4.78, 5) is 13.8. The Kier molecular flexibility index (Phi) is 10.6. The van der Waals surface area contributed by atoms with Crippen molar-refractivity contribution in [2.24, 2.45) is 5.92 Å². The van der Waals surface area contributed by atoms with Crippen molar-refractivity contribution in [3.63, 3.8) is 0 Å². The molecule has 0 aromatic heterocycles. The molecule has 1 N–H and O–H groups in total. The predicted molar refractivity (Wildman–Crippen MR) is 184 cm³/mol. The summed E-state index contributed by atoms with van der Waals surface area (Å²) in [6, 6.07) is 9.24. The van der Waals surface area contributed by atoms with Crippen LogP contribution in [0.25, 0.3) is 0 Å². The number of fused-ring (bicyclic) bond motifs is 2. The van der Waals surface area contributed by atoms with Gasteiger partial charge in [-0.05, 0) is 75.6 Å². The molecule has 2 aliphatic rings. The van der Waals surface area contributed by atoms with E-state index in [9.17, 15) is 30.7 Å². The van der Waals surface area contributed by atoms with Gasteiger partial charge in [0.2, 0.25) is 5.69 Å². The van der Waals surface area contributed by atoms with Gasteiger partial charge < -0.3 is 9.45 Å². The average molecular weight is 683 g/mol. The molecule has 0 saturated heterocycles. The maximum atomic E-state index is 12.1. The second kappa shape index (κ2) is 13.6. The monoisotopic (exact) mass is 682 g/mol. The number of ketones is 1. The van der Waals surface area contributed by atoms with Crippen LogP contribution in [0.15, 0.2) is 82.3 Å². The van der Waals surface area contributed by atoms with Gasteiger partial charge in [0.1, 0.15) is 22.4 Å². The highest BCUT2D eigenvalue weighted by molar-refractivity contribution is 7.86. The van der Waals surface area contributed by atoms with Crippen LogP contribution in [0.2, 0.25) is 0 Å². The highest BCUT2D eigenvalue weighted by Gasteiger charge is 2.44. The first-order valence-electron chi connectivity index (χ1n) is 16.0. The fourth-order valence-electron chi connectivity index (χ4n) is 6.60. The zero-order valence-corrected chi connectivity index (χ0v) is 29.9. The molecular formula is C36H46N2O7S2. The lowest BCUT2D eigenvalue weighted by atomic mass is 9.81. The molecule has 0 unspecified atom stereocenters. The minimum Gasteiger partial charge on any atom is -0.744 e. The van der Waals surface area contributed by atoms with Crippen molar-refractivity contribution < 1.29 is 35.3 Å². The van der Waals surface area contributed by atoms with Gasteiger partial charge in [-0.25, -0.2) is 8.42 Å². The molecule has 0 spiro atoms. The van der Waals surface area contributed by atoms with Gasteiger partial charge in [0.15, 0.2) is 5.71 Å². The normalized spacial score (nSPS) is 18.3. The van der Waals surface area contributed by atoms with Crippen molar-refractivity contribution in [2.45, 2.75) is 94.8 Å². The summed E-state index contributed by atoms with van der Waals surface area (Å²) in [5.74, 6) is 0.287. The molecule has 47 heavy (non-hydrogen) atoms. The van der Waals surface area contributed by atoms with Gasteiger partial charge in [-0.2, -0.15) is 13.0 Å². The smallest absolute Gasteiger partial charge is 0.294 e. The lowest BCUT2D eigenvalue weighted by molar-refractivity contribution is -0.438. The van der Waals surface area contributed by atoms with Crippen molar-refractivity contribution in [2.75, 3.05) is 18.0 Å². The summed E-state index contributed by atoms with van der Waals surface area (Å²) in [6.45, 7) is 15.3. The lowest BCUT2D eigenvalue weighted by Gasteiger charge is -2.25. The molecule has 2 aliphatic heterocycles. The number of anilines is 1. The predicted octanol–water partition coefficient (Wildman–Crippen LogP) is 6.81. The summed E-state index contributed by atoms with van der Waals surface area (Å²) >= 11 is 0. The number of benzene rings is 2. The van der Waals surface area contributed by atoms with Crippen molar-refractivity contribution in [1.82, 2.24) is 0 Å². The van der Waals surface area contributed by atoms with Gasteiger partial charge >= 0.3 is 0 Å². The van der Waals surface area contributed by atoms with Crippen LogP contribution >= 0.6 is 0 Å². The molecule has 9 nitrogen and oxygen atoms in total. The van der Waals surface area contributed by atoms with E-state index in [2.05, 4.69) is 9.48 Å². The molecule has 0 bridgehead atoms. The van der Waals surface area contributed by atoms with Crippen LogP contribution in [0.5, 0.6) is 0 Å². The maximum Gasteiger partial charge on any atom is 0.294 e. The Bertz CT molecular complexity index is 1900. The summed E-state index contributed by atoms with van der Waals surface area (Å²) in [7, 11) is -8.95. The second-order valence-electron chi connectivity index (χ2n) is 13.5. The summed E-state index contributed by atoms with van der Waals surface area (Å²) in [5, 5.41) is 0.